The van der Waals surface area contributed by atoms with Crippen LogP contribution >= 0.6 is 0 Å². The topological polar surface area (TPSA) is 51.0 Å². The number of pyridine rings is 1. The number of hydrogen-bond donors (Lipinski definition) is 1. The molecule has 0 aliphatic carbocycles. The molecule has 6 heteroatoms. The van der Waals surface area contributed by atoms with Crippen molar-refractivity contribution in [2.24, 2.45) is 0 Å². The largest absolute Gasteiger partial charge is 0.454 e. The summed E-state index contributed by atoms with van der Waals surface area (Å²) in [4.78, 5) is 7.48. The lowest BCUT2D eigenvalue weighted by molar-refractivity contribution is 0.174. The number of imidazole rings is 1. The molecule has 0 bridgehead atoms. The number of hydrogen-bond acceptors (Lipinski definition) is 5. The maximum absolute atomic E-state index is 5.58. The average molecular weight is 364 g/mol. The van der Waals surface area contributed by atoms with Crippen molar-refractivity contribution in [1.29, 1.82) is 0 Å². The van der Waals surface area contributed by atoms with E-state index in [0.717, 1.165) is 61.1 Å². The van der Waals surface area contributed by atoms with Crippen LogP contribution in [0.25, 0.3) is 16.9 Å². The Morgan fingerprint density at radius 3 is 2.96 bits per heavy atom. The maximum Gasteiger partial charge on any atom is 0.231 e. The Morgan fingerprint density at radius 1 is 1.07 bits per heavy atom. The van der Waals surface area contributed by atoms with E-state index in [-0.39, 0.29) is 6.79 Å². The lowest BCUT2D eigenvalue weighted by atomic mass is 10.1. The summed E-state index contributed by atoms with van der Waals surface area (Å²) >= 11 is 0. The predicted molar refractivity (Wildman–Crippen MR) is 104 cm³/mol. The van der Waals surface area contributed by atoms with Gasteiger partial charge in [-0.25, -0.2) is 4.98 Å². The zero-order valence-electron chi connectivity index (χ0n) is 15.6. The molecule has 27 heavy (non-hydrogen) atoms. The Kier molecular flexibility index (Phi) is 4.22. The fraction of sp³-hybridized carbons (Fsp3) is 0.381. The van der Waals surface area contributed by atoms with Gasteiger partial charge in [-0.15, -0.1) is 0 Å². The van der Waals surface area contributed by atoms with Gasteiger partial charge in [-0.1, -0.05) is 6.07 Å². The van der Waals surface area contributed by atoms with E-state index in [2.05, 4.69) is 45.9 Å². The summed E-state index contributed by atoms with van der Waals surface area (Å²) in [5.74, 6) is 1.60. The highest BCUT2D eigenvalue weighted by Gasteiger charge is 2.21. The lowest BCUT2D eigenvalue weighted by Crippen LogP contribution is -2.28. The molecule has 3 aromatic rings. The third kappa shape index (κ3) is 3.15. The summed E-state index contributed by atoms with van der Waals surface area (Å²) in [6, 6.07) is 10.3. The first kappa shape index (κ1) is 16.6. The summed E-state index contributed by atoms with van der Waals surface area (Å²) in [5, 5.41) is 3.48. The summed E-state index contributed by atoms with van der Waals surface area (Å²) in [5.41, 5.74) is 5.54. The van der Waals surface area contributed by atoms with E-state index in [1.807, 2.05) is 12.1 Å². The smallest absolute Gasteiger partial charge is 0.231 e. The number of nitrogens with zero attached hydrogens (tertiary/aromatic N) is 3. The zero-order chi connectivity index (χ0) is 18.2. The van der Waals surface area contributed by atoms with E-state index in [1.165, 1.54) is 17.7 Å². The first-order chi connectivity index (χ1) is 13.3. The molecular formula is C21H24N4O2. The molecule has 140 valence electrons. The van der Waals surface area contributed by atoms with Gasteiger partial charge in [0.2, 0.25) is 6.79 Å². The third-order valence-corrected chi connectivity index (χ3v) is 5.32. The van der Waals surface area contributed by atoms with Crippen molar-refractivity contribution in [2.45, 2.75) is 19.9 Å². The highest BCUT2D eigenvalue weighted by Crippen LogP contribution is 2.37. The number of fused-ring (bicyclic) bond motifs is 2. The second kappa shape index (κ2) is 6.87. The van der Waals surface area contributed by atoms with Crippen molar-refractivity contribution in [2.75, 3.05) is 33.0 Å². The van der Waals surface area contributed by atoms with E-state index in [1.54, 1.807) is 0 Å². The number of nitrogens with one attached hydrogen (secondary N) is 1. The second-order valence-electron chi connectivity index (χ2n) is 7.29. The van der Waals surface area contributed by atoms with Crippen molar-refractivity contribution in [3.05, 3.63) is 47.8 Å². The van der Waals surface area contributed by atoms with E-state index >= 15 is 0 Å². The number of benzene rings is 1. The molecule has 0 unspecified atom stereocenters. The first-order valence-corrected chi connectivity index (χ1v) is 9.58. The van der Waals surface area contributed by atoms with Crippen molar-refractivity contribution in [1.82, 2.24) is 19.6 Å². The van der Waals surface area contributed by atoms with Crippen LogP contribution in [0.1, 0.15) is 17.7 Å². The summed E-state index contributed by atoms with van der Waals surface area (Å²) < 4.78 is 13.3. The zero-order valence-corrected chi connectivity index (χ0v) is 15.6. The SMILES string of the molecule is Cc1ccc2nc(-c3ccc4c(c3)OCO4)c(CN3CCCNCC3)n2c1. The summed E-state index contributed by atoms with van der Waals surface area (Å²) in [6.07, 6.45) is 3.36. The van der Waals surface area contributed by atoms with E-state index < -0.39 is 0 Å². The number of aryl methyl sites for hydroxylation is 1. The quantitative estimate of drug-likeness (QED) is 0.775. The lowest BCUT2D eigenvalue weighted by Gasteiger charge is -2.20. The Balaban J connectivity index is 1.60. The van der Waals surface area contributed by atoms with Crippen LogP contribution in [-0.2, 0) is 6.54 Å². The van der Waals surface area contributed by atoms with Crippen molar-refractivity contribution >= 4 is 5.65 Å². The standard InChI is InChI=1S/C21H24N4O2/c1-15-3-6-20-23-21(16-4-5-18-19(11-16)27-14-26-18)17(25(20)12-15)13-24-9-2-7-22-8-10-24/h3-6,11-12,22H,2,7-10,13-14H2,1H3. The summed E-state index contributed by atoms with van der Waals surface area (Å²) in [7, 11) is 0. The minimum atomic E-state index is 0.288. The average Bonchev–Trinajstić information content (AvgIpc) is 3.18. The predicted octanol–water partition coefficient (Wildman–Crippen LogP) is 2.83. The van der Waals surface area contributed by atoms with Gasteiger partial charge in [0.15, 0.2) is 11.5 Å². The second-order valence-corrected chi connectivity index (χ2v) is 7.29. The fourth-order valence-corrected chi connectivity index (χ4v) is 3.90. The third-order valence-electron chi connectivity index (χ3n) is 5.32. The molecule has 0 spiro atoms. The van der Waals surface area contributed by atoms with Crippen LogP contribution in [0.4, 0.5) is 0 Å². The van der Waals surface area contributed by atoms with Crippen molar-refractivity contribution in [3.63, 3.8) is 0 Å². The van der Waals surface area contributed by atoms with E-state index in [9.17, 15) is 0 Å². The van der Waals surface area contributed by atoms with Gasteiger partial charge in [-0.2, -0.15) is 0 Å². The monoisotopic (exact) mass is 364 g/mol. The minimum absolute atomic E-state index is 0.288. The molecule has 0 amide bonds. The highest BCUT2D eigenvalue weighted by molar-refractivity contribution is 5.70. The Bertz CT molecular complexity index is 974. The van der Waals surface area contributed by atoms with Crippen molar-refractivity contribution in [3.8, 4) is 22.8 Å². The van der Waals surface area contributed by atoms with Gasteiger partial charge in [0, 0.05) is 31.4 Å². The van der Waals surface area contributed by atoms with Crippen LogP contribution in [0, 0.1) is 6.92 Å². The Labute approximate surface area is 158 Å². The first-order valence-electron chi connectivity index (χ1n) is 9.58. The van der Waals surface area contributed by atoms with Crippen LogP contribution in [0.5, 0.6) is 11.5 Å². The van der Waals surface area contributed by atoms with Crippen molar-refractivity contribution < 1.29 is 9.47 Å². The van der Waals surface area contributed by atoms with Gasteiger partial charge >= 0.3 is 0 Å². The van der Waals surface area contributed by atoms with Gasteiger partial charge in [0.25, 0.3) is 0 Å². The molecule has 5 rings (SSSR count). The van der Waals surface area contributed by atoms with Gasteiger partial charge < -0.3 is 19.2 Å². The fourth-order valence-electron chi connectivity index (χ4n) is 3.90. The summed E-state index contributed by atoms with van der Waals surface area (Å²) in [6.45, 7) is 7.59. The number of aromatic nitrogens is 2. The van der Waals surface area contributed by atoms with Gasteiger partial charge in [-0.05, 0) is 56.3 Å². The molecule has 2 aliphatic heterocycles. The molecule has 4 heterocycles. The molecule has 6 nitrogen and oxygen atoms in total. The minimum Gasteiger partial charge on any atom is -0.454 e. The van der Waals surface area contributed by atoms with Gasteiger partial charge in [-0.3, -0.25) is 4.90 Å². The molecule has 0 radical (unpaired) electrons. The van der Waals surface area contributed by atoms with Crippen LogP contribution in [0.15, 0.2) is 36.5 Å². The van der Waals surface area contributed by atoms with E-state index in [4.69, 9.17) is 14.5 Å². The number of ether oxygens (including phenoxy) is 2. The molecule has 1 N–H and O–H groups in total. The van der Waals surface area contributed by atoms with Crippen LogP contribution < -0.4 is 14.8 Å². The molecule has 0 atom stereocenters. The highest BCUT2D eigenvalue weighted by atomic mass is 16.7. The molecular weight excluding hydrogens is 340 g/mol. The molecule has 2 aromatic heterocycles. The van der Waals surface area contributed by atoms with Crippen LogP contribution in [0.3, 0.4) is 0 Å². The molecule has 1 fully saturated rings. The normalized spacial score (nSPS) is 17.4. The Morgan fingerprint density at radius 2 is 2.00 bits per heavy atom. The maximum atomic E-state index is 5.58. The molecule has 2 aliphatic rings. The van der Waals surface area contributed by atoms with E-state index in [0.29, 0.717) is 0 Å². The Hall–Kier alpha value is -2.57. The van der Waals surface area contributed by atoms with Crippen LogP contribution in [-0.4, -0.2) is 47.3 Å². The van der Waals surface area contributed by atoms with Crippen LogP contribution in [0.2, 0.25) is 0 Å². The van der Waals surface area contributed by atoms with Gasteiger partial charge in [0.05, 0.1) is 11.4 Å². The molecule has 1 aromatic carbocycles. The molecule has 0 saturated carbocycles. The number of rotatable bonds is 3. The van der Waals surface area contributed by atoms with Gasteiger partial charge in [0.1, 0.15) is 5.65 Å². The molecule has 1 saturated heterocycles.